The van der Waals surface area contributed by atoms with Crippen molar-refractivity contribution in [3.8, 4) is 0 Å². The van der Waals surface area contributed by atoms with Gasteiger partial charge in [-0.15, -0.1) is 0 Å². The summed E-state index contributed by atoms with van der Waals surface area (Å²) in [6.07, 6.45) is 1.19. The molecule has 4 rings (SSSR count). The predicted molar refractivity (Wildman–Crippen MR) is 158 cm³/mol. The second-order valence-corrected chi connectivity index (χ2v) is 10.3. The minimum Gasteiger partial charge on any atom is -0.275 e. The van der Waals surface area contributed by atoms with E-state index in [1.807, 2.05) is 84.9 Å². The molecule has 0 atom stereocenters. The molecule has 4 aromatic carbocycles. The van der Waals surface area contributed by atoms with E-state index in [9.17, 15) is 18.0 Å². The van der Waals surface area contributed by atoms with Gasteiger partial charge in [-0.3, -0.25) is 14.6 Å². The predicted octanol–water partition coefficient (Wildman–Crippen LogP) is 5.51. The molecule has 0 unspecified atom stereocenters. The Kier molecular flexibility index (Phi) is 9.83. The summed E-state index contributed by atoms with van der Waals surface area (Å²) in [6.45, 7) is 2.87. The van der Waals surface area contributed by atoms with Crippen LogP contribution in [0.2, 0.25) is 0 Å². The molecule has 0 saturated carbocycles. The molecule has 0 aliphatic carbocycles. The lowest BCUT2D eigenvalue weighted by atomic mass is 10.3. The van der Waals surface area contributed by atoms with E-state index in [-0.39, 0.29) is 11.8 Å². The first-order valence-electron chi connectivity index (χ1n) is 12.2. The Hall–Kier alpha value is -4.63. The van der Waals surface area contributed by atoms with Gasteiger partial charge in [0.15, 0.2) is 0 Å². The average Bonchev–Trinajstić information content (AvgIpc) is 2.93. The highest BCUT2D eigenvalue weighted by Gasteiger charge is 2.24. The minimum absolute atomic E-state index is 0.227. The number of hydrogen-bond donors (Lipinski definition) is 0. The van der Waals surface area contributed by atoms with Crippen LogP contribution >= 0.6 is 0 Å². The smallest absolute Gasteiger partial charge is 0.249 e. The molecule has 0 radical (unpaired) electrons. The van der Waals surface area contributed by atoms with Crippen molar-refractivity contribution in [3.63, 3.8) is 0 Å². The van der Waals surface area contributed by atoms with E-state index in [0.29, 0.717) is 17.1 Å². The summed E-state index contributed by atoms with van der Waals surface area (Å²) in [5.41, 5.74) is 2.71. The van der Waals surface area contributed by atoms with Crippen molar-refractivity contribution in [3.05, 3.63) is 121 Å². The Labute approximate surface area is 230 Å². The van der Waals surface area contributed by atoms with Gasteiger partial charge in [0.2, 0.25) is 21.8 Å². The fourth-order valence-electron chi connectivity index (χ4n) is 3.91. The third-order valence-electron chi connectivity index (χ3n) is 5.49. The number of sulfonamides is 1. The number of carbonyl (C=O) groups is 2. The molecule has 0 N–H and O–H groups in total. The molecule has 0 bridgehead atoms. The van der Waals surface area contributed by atoms with Crippen LogP contribution in [0.15, 0.2) is 121 Å². The van der Waals surface area contributed by atoms with Crippen LogP contribution in [-0.2, 0) is 19.6 Å². The molecule has 202 valence electrons. The topological polar surface area (TPSA) is 81.2 Å². The van der Waals surface area contributed by atoms with Crippen molar-refractivity contribution in [2.45, 2.75) is 13.8 Å². The second-order valence-electron chi connectivity index (χ2n) is 8.53. The van der Waals surface area contributed by atoms with Crippen LogP contribution in [0.25, 0.3) is 0 Å². The number of benzene rings is 4. The van der Waals surface area contributed by atoms with Gasteiger partial charge >= 0.3 is 0 Å². The molecule has 0 aliphatic rings. The van der Waals surface area contributed by atoms with Crippen LogP contribution in [-0.4, -0.2) is 33.5 Å². The van der Waals surface area contributed by atoms with Crippen molar-refractivity contribution in [1.82, 2.24) is 0 Å². The third kappa shape index (κ3) is 7.68. The summed E-state index contributed by atoms with van der Waals surface area (Å²) in [6, 6.07) is 36.6. The van der Waals surface area contributed by atoms with Gasteiger partial charge in [-0.2, -0.15) is 4.41 Å². The number of hydrazine groups is 2. The van der Waals surface area contributed by atoms with Gasteiger partial charge in [0.1, 0.15) is 0 Å². The van der Waals surface area contributed by atoms with Crippen molar-refractivity contribution < 1.29 is 18.0 Å². The third-order valence-corrected chi connectivity index (χ3v) is 6.58. The molecular weight excluding hydrogens is 512 g/mol. The van der Waals surface area contributed by atoms with Crippen molar-refractivity contribution >= 4 is 44.6 Å². The molecular formula is C30H32N4O4S. The molecule has 0 aliphatic heterocycles. The lowest BCUT2D eigenvalue weighted by molar-refractivity contribution is -0.121. The standard InChI is InChI=1S/C16H16N2O2.C14H16N2O2S/c1-13(19)17(15-9-5-3-6-10-15)18(14(2)20)16-11-7-4-8-12-16;1-15(13-9-5-3-6-10-13)16(19(2,17)18)14-11-7-4-8-12-14/h3-12H,1-2H3;3-12H,1-2H3. The first-order chi connectivity index (χ1) is 18.6. The normalized spacial score (nSPS) is 10.5. The maximum Gasteiger partial charge on any atom is 0.249 e. The van der Waals surface area contributed by atoms with E-state index < -0.39 is 10.0 Å². The zero-order chi connectivity index (χ0) is 28.4. The number of nitrogens with zero attached hydrogens (tertiary/aromatic N) is 4. The van der Waals surface area contributed by atoms with E-state index in [4.69, 9.17) is 0 Å². The summed E-state index contributed by atoms with van der Waals surface area (Å²) >= 11 is 0. The quantitative estimate of drug-likeness (QED) is 0.299. The molecule has 0 spiro atoms. The zero-order valence-electron chi connectivity index (χ0n) is 22.4. The molecule has 0 heterocycles. The molecule has 9 heteroatoms. The van der Waals surface area contributed by atoms with Gasteiger partial charge in [-0.1, -0.05) is 72.8 Å². The fraction of sp³-hybridized carbons (Fsp3) is 0.133. The highest BCUT2D eigenvalue weighted by molar-refractivity contribution is 7.92. The lowest BCUT2D eigenvalue weighted by Crippen LogP contribution is -2.49. The molecule has 0 fully saturated rings. The van der Waals surface area contributed by atoms with Crippen LogP contribution in [0, 0.1) is 0 Å². The van der Waals surface area contributed by atoms with E-state index in [1.54, 1.807) is 48.5 Å². The number of hydrogen-bond acceptors (Lipinski definition) is 5. The maximum atomic E-state index is 12.0. The molecule has 2 amide bonds. The van der Waals surface area contributed by atoms with Crippen LogP contribution in [0.4, 0.5) is 22.7 Å². The number of para-hydroxylation sites is 4. The Morgan fingerprint density at radius 1 is 0.513 bits per heavy atom. The summed E-state index contributed by atoms with van der Waals surface area (Å²) in [7, 11) is -1.68. The first kappa shape index (κ1) is 28.9. The number of amides is 2. The Balaban J connectivity index is 0.000000216. The molecule has 39 heavy (non-hydrogen) atoms. The van der Waals surface area contributed by atoms with Crippen LogP contribution in [0.1, 0.15) is 13.8 Å². The molecule has 0 saturated heterocycles. The van der Waals surface area contributed by atoms with Crippen molar-refractivity contribution in [1.29, 1.82) is 0 Å². The largest absolute Gasteiger partial charge is 0.275 e. The SMILES string of the molecule is CC(=O)N(c1ccccc1)N(C(C)=O)c1ccccc1.CN(c1ccccc1)N(c1ccccc1)S(C)(=O)=O. The summed E-state index contributed by atoms with van der Waals surface area (Å²) in [4.78, 5) is 24.0. The van der Waals surface area contributed by atoms with E-state index in [1.165, 1.54) is 34.5 Å². The van der Waals surface area contributed by atoms with Gasteiger partial charge in [-0.05, 0) is 48.5 Å². The van der Waals surface area contributed by atoms with E-state index in [0.717, 1.165) is 5.69 Å². The fourth-order valence-corrected chi connectivity index (χ4v) is 4.95. The van der Waals surface area contributed by atoms with Crippen molar-refractivity contribution in [2.75, 3.05) is 32.7 Å². The molecule has 0 aromatic heterocycles. The zero-order valence-corrected chi connectivity index (χ0v) is 23.2. The summed E-state index contributed by atoms with van der Waals surface area (Å²) < 4.78 is 25.3. The highest BCUT2D eigenvalue weighted by atomic mass is 32.2. The van der Waals surface area contributed by atoms with Crippen LogP contribution < -0.4 is 19.4 Å². The van der Waals surface area contributed by atoms with E-state index >= 15 is 0 Å². The highest BCUT2D eigenvalue weighted by Crippen LogP contribution is 2.24. The summed E-state index contributed by atoms with van der Waals surface area (Å²) in [5, 5.41) is 4.36. The van der Waals surface area contributed by atoms with Gasteiger partial charge in [0.25, 0.3) is 0 Å². The molecule has 8 nitrogen and oxygen atoms in total. The Morgan fingerprint density at radius 3 is 1.08 bits per heavy atom. The Morgan fingerprint density at radius 2 is 0.795 bits per heavy atom. The molecule has 4 aromatic rings. The first-order valence-corrected chi connectivity index (χ1v) is 14.0. The summed E-state index contributed by atoms with van der Waals surface area (Å²) in [5.74, 6) is -0.453. The van der Waals surface area contributed by atoms with Gasteiger partial charge in [0, 0.05) is 20.9 Å². The number of carbonyl (C=O) groups excluding carboxylic acids is 2. The minimum atomic E-state index is -3.41. The monoisotopic (exact) mass is 544 g/mol. The van der Waals surface area contributed by atoms with Crippen molar-refractivity contribution in [2.24, 2.45) is 0 Å². The van der Waals surface area contributed by atoms with Gasteiger partial charge in [0.05, 0.1) is 29.0 Å². The van der Waals surface area contributed by atoms with E-state index in [2.05, 4.69) is 0 Å². The Bertz CT molecular complexity index is 1400. The number of anilines is 4. The van der Waals surface area contributed by atoms with Crippen LogP contribution in [0.5, 0.6) is 0 Å². The van der Waals surface area contributed by atoms with Gasteiger partial charge in [-0.25, -0.2) is 18.4 Å². The van der Waals surface area contributed by atoms with Crippen LogP contribution in [0.3, 0.4) is 0 Å². The lowest BCUT2D eigenvalue weighted by Gasteiger charge is -2.33. The maximum absolute atomic E-state index is 12.0. The average molecular weight is 545 g/mol. The van der Waals surface area contributed by atoms with Gasteiger partial charge < -0.3 is 0 Å². The second kappa shape index (κ2) is 13.3. The number of rotatable bonds is 6.